The first-order valence-electron chi connectivity index (χ1n) is 8.64. The first kappa shape index (κ1) is 19.9. The molecule has 0 radical (unpaired) electrons. The van der Waals surface area contributed by atoms with Crippen molar-refractivity contribution in [1.82, 2.24) is 5.43 Å². The fourth-order valence-corrected chi connectivity index (χ4v) is 4.97. The van der Waals surface area contributed by atoms with Gasteiger partial charge in [0.2, 0.25) is 0 Å². The Bertz CT molecular complexity index is 1210. The molecular formula is C22H14Br2N2O2S. The Morgan fingerprint density at radius 2 is 1.76 bits per heavy atom. The molecule has 1 heterocycles. The van der Waals surface area contributed by atoms with Crippen molar-refractivity contribution in [2.75, 3.05) is 0 Å². The Balaban J connectivity index is 1.49. The Morgan fingerprint density at radius 1 is 1.00 bits per heavy atom. The fourth-order valence-electron chi connectivity index (χ4n) is 2.70. The maximum absolute atomic E-state index is 12.4. The summed E-state index contributed by atoms with van der Waals surface area (Å²) in [6.07, 6.45) is 1.64. The number of hydrazone groups is 1. The second-order valence-electron chi connectivity index (χ2n) is 6.07. The second-order valence-corrected chi connectivity index (χ2v) is 8.95. The zero-order valence-corrected chi connectivity index (χ0v) is 18.9. The summed E-state index contributed by atoms with van der Waals surface area (Å²) in [4.78, 5) is 14.6. The van der Waals surface area contributed by atoms with Gasteiger partial charge in [-0.2, -0.15) is 5.10 Å². The molecule has 0 aliphatic rings. The maximum Gasteiger partial charge on any atom is 0.307 e. The van der Waals surface area contributed by atoms with Crippen LogP contribution in [0.15, 0.2) is 101 Å². The lowest BCUT2D eigenvalue weighted by Crippen LogP contribution is -2.16. The van der Waals surface area contributed by atoms with E-state index < -0.39 is 5.91 Å². The van der Waals surface area contributed by atoms with Crippen molar-refractivity contribution in [3.05, 3.63) is 93.1 Å². The molecule has 1 aromatic heterocycles. The lowest BCUT2D eigenvalue weighted by molar-refractivity contribution is 0.0929. The number of amides is 1. The van der Waals surface area contributed by atoms with Crippen molar-refractivity contribution < 1.29 is 9.21 Å². The van der Waals surface area contributed by atoms with Crippen LogP contribution in [0.4, 0.5) is 0 Å². The predicted octanol–water partition coefficient (Wildman–Crippen LogP) is 6.87. The van der Waals surface area contributed by atoms with Gasteiger partial charge in [0.05, 0.1) is 10.7 Å². The molecule has 0 aliphatic carbocycles. The summed E-state index contributed by atoms with van der Waals surface area (Å²) in [5.74, 6) is -0.212. The highest BCUT2D eigenvalue weighted by Gasteiger charge is 2.14. The summed E-state index contributed by atoms with van der Waals surface area (Å²) in [6, 6.07) is 23.4. The van der Waals surface area contributed by atoms with Crippen molar-refractivity contribution in [2.24, 2.45) is 5.10 Å². The van der Waals surface area contributed by atoms with Gasteiger partial charge in [-0.05, 0) is 52.3 Å². The van der Waals surface area contributed by atoms with E-state index in [0.29, 0.717) is 5.58 Å². The van der Waals surface area contributed by atoms with E-state index in [1.807, 2.05) is 54.6 Å². The molecule has 0 saturated heterocycles. The lowest BCUT2D eigenvalue weighted by atomic mass is 10.2. The molecule has 7 heteroatoms. The Labute approximate surface area is 188 Å². The highest BCUT2D eigenvalue weighted by Crippen LogP contribution is 2.31. The number of furan rings is 1. The maximum atomic E-state index is 12.4. The van der Waals surface area contributed by atoms with Gasteiger partial charge >= 0.3 is 5.91 Å². The standard InChI is InChI=1S/C22H14Br2N2O2S/c23-16-10-15-11-19(28-21(15)18(24)12-16)22(27)26-25-13-14-6-4-5-9-20(14)29-17-7-2-1-3-8-17/h1-13H,(H,26,27)/b25-13+. The number of carbonyl (C=O) groups excluding carboxylic acids is 1. The zero-order chi connectivity index (χ0) is 20.2. The minimum absolute atomic E-state index is 0.197. The largest absolute Gasteiger partial charge is 0.450 e. The highest BCUT2D eigenvalue weighted by atomic mass is 79.9. The van der Waals surface area contributed by atoms with Crippen LogP contribution in [0, 0.1) is 0 Å². The van der Waals surface area contributed by atoms with E-state index in [0.717, 1.165) is 29.7 Å². The molecule has 0 unspecified atom stereocenters. The first-order chi connectivity index (χ1) is 14.1. The van der Waals surface area contributed by atoms with Crippen molar-refractivity contribution in [2.45, 2.75) is 9.79 Å². The van der Waals surface area contributed by atoms with E-state index in [1.54, 1.807) is 24.0 Å². The molecule has 4 rings (SSSR count). The molecular weight excluding hydrogens is 516 g/mol. The fraction of sp³-hybridized carbons (Fsp3) is 0. The number of halogens is 2. The molecule has 144 valence electrons. The molecule has 4 aromatic rings. The van der Waals surface area contributed by atoms with Gasteiger partial charge in [0.1, 0.15) is 5.58 Å². The molecule has 1 N–H and O–H groups in total. The summed E-state index contributed by atoms with van der Waals surface area (Å²) in [5, 5.41) is 4.94. The summed E-state index contributed by atoms with van der Waals surface area (Å²) in [5.41, 5.74) is 4.07. The number of hydrogen-bond acceptors (Lipinski definition) is 4. The average molecular weight is 530 g/mol. The molecule has 0 bridgehead atoms. The number of fused-ring (bicyclic) bond motifs is 1. The third-order valence-electron chi connectivity index (χ3n) is 4.02. The number of nitrogens with zero attached hydrogens (tertiary/aromatic N) is 1. The van der Waals surface area contributed by atoms with E-state index in [2.05, 4.69) is 54.5 Å². The Morgan fingerprint density at radius 3 is 2.59 bits per heavy atom. The lowest BCUT2D eigenvalue weighted by Gasteiger charge is -2.05. The van der Waals surface area contributed by atoms with Gasteiger partial charge in [-0.25, -0.2) is 5.43 Å². The molecule has 0 spiro atoms. The van der Waals surface area contributed by atoms with Crippen molar-refractivity contribution in [3.63, 3.8) is 0 Å². The first-order valence-corrected chi connectivity index (χ1v) is 11.0. The SMILES string of the molecule is O=C(N/N=C/c1ccccc1Sc1ccccc1)c1cc2cc(Br)cc(Br)c2o1. The molecule has 1 amide bonds. The third-order valence-corrected chi connectivity index (χ3v) is 6.17. The minimum atomic E-state index is -0.409. The molecule has 3 aromatic carbocycles. The number of benzene rings is 3. The highest BCUT2D eigenvalue weighted by molar-refractivity contribution is 9.11. The van der Waals surface area contributed by atoms with Crippen LogP contribution in [0.25, 0.3) is 11.0 Å². The van der Waals surface area contributed by atoms with E-state index in [4.69, 9.17) is 4.42 Å². The summed E-state index contributed by atoms with van der Waals surface area (Å²) < 4.78 is 7.34. The summed E-state index contributed by atoms with van der Waals surface area (Å²) >= 11 is 8.51. The smallest absolute Gasteiger partial charge is 0.307 e. The zero-order valence-electron chi connectivity index (χ0n) is 14.9. The van der Waals surface area contributed by atoms with Gasteiger partial charge in [0, 0.05) is 25.2 Å². The number of rotatable bonds is 5. The normalized spacial score (nSPS) is 11.2. The minimum Gasteiger partial charge on any atom is -0.450 e. The van der Waals surface area contributed by atoms with Gasteiger partial charge in [0.15, 0.2) is 5.76 Å². The van der Waals surface area contributed by atoms with Gasteiger partial charge in [-0.1, -0.05) is 64.1 Å². The predicted molar refractivity (Wildman–Crippen MR) is 124 cm³/mol. The van der Waals surface area contributed by atoms with Gasteiger partial charge in [-0.3, -0.25) is 4.79 Å². The van der Waals surface area contributed by atoms with Crippen LogP contribution in [-0.2, 0) is 0 Å². The van der Waals surface area contributed by atoms with Crippen LogP contribution in [0.1, 0.15) is 16.1 Å². The number of hydrogen-bond donors (Lipinski definition) is 1. The van der Waals surface area contributed by atoms with Crippen LogP contribution in [0.3, 0.4) is 0 Å². The van der Waals surface area contributed by atoms with E-state index in [9.17, 15) is 4.79 Å². The summed E-state index contributed by atoms with van der Waals surface area (Å²) in [7, 11) is 0. The third kappa shape index (κ3) is 4.80. The van der Waals surface area contributed by atoms with Crippen LogP contribution in [-0.4, -0.2) is 12.1 Å². The van der Waals surface area contributed by atoms with Gasteiger partial charge < -0.3 is 4.42 Å². The van der Waals surface area contributed by atoms with E-state index in [1.165, 1.54) is 0 Å². The quantitative estimate of drug-likeness (QED) is 0.226. The molecule has 29 heavy (non-hydrogen) atoms. The average Bonchev–Trinajstić information content (AvgIpc) is 3.14. The molecule has 0 fully saturated rings. The van der Waals surface area contributed by atoms with E-state index >= 15 is 0 Å². The van der Waals surface area contributed by atoms with Crippen LogP contribution < -0.4 is 5.43 Å². The second kappa shape index (κ2) is 8.98. The molecule has 0 aliphatic heterocycles. The topological polar surface area (TPSA) is 54.6 Å². The Hall–Kier alpha value is -2.35. The number of carbonyl (C=O) groups is 1. The van der Waals surface area contributed by atoms with E-state index in [-0.39, 0.29) is 5.76 Å². The monoisotopic (exact) mass is 528 g/mol. The van der Waals surface area contributed by atoms with Gasteiger partial charge in [-0.15, -0.1) is 0 Å². The molecule has 4 nitrogen and oxygen atoms in total. The van der Waals surface area contributed by atoms with Crippen LogP contribution >= 0.6 is 43.6 Å². The van der Waals surface area contributed by atoms with Gasteiger partial charge in [0.25, 0.3) is 0 Å². The van der Waals surface area contributed by atoms with Crippen molar-refractivity contribution in [1.29, 1.82) is 0 Å². The molecule has 0 atom stereocenters. The van der Waals surface area contributed by atoms with Crippen LogP contribution in [0.5, 0.6) is 0 Å². The van der Waals surface area contributed by atoms with Crippen molar-refractivity contribution >= 4 is 66.7 Å². The van der Waals surface area contributed by atoms with Crippen LogP contribution in [0.2, 0.25) is 0 Å². The Kier molecular flexibility index (Phi) is 6.18. The van der Waals surface area contributed by atoms with Crippen molar-refractivity contribution in [3.8, 4) is 0 Å². The number of nitrogens with one attached hydrogen (secondary N) is 1. The molecule has 0 saturated carbocycles. The summed E-state index contributed by atoms with van der Waals surface area (Å²) in [6.45, 7) is 0.